The second-order valence-electron chi connectivity index (χ2n) is 4.49. The van der Waals surface area contributed by atoms with Gasteiger partial charge in [-0.3, -0.25) is 0 Å². The van der Waals surface area contributed by atoms with Crippen molar-refractivity contribution >= 4 is 0 Å². The number of hydrogen-bond donors (Lipinski definition) is 0. The molecule has 0 spiro atoms. The zero-order valence-electron chi connectivity index (χ0n) is 10.5. The molecule has 1 aromatic heterocycles. The summed E-state index contributed by atoms with van der Waals surface area (Å²) in [5, 5.41) is 0. The summed E-state index contributed by atoms with van der Waals surface area (Å²) in [4.78, 5) is 7.91. The van der Waals surface area contributed by atoms with Crippen LogP contribution in [0.4, 0.5) is 13.2 Å². The van der Waals surface area contributed by atoms with Gasteiger partial charge in [0, 0.05) is 12.1 Å². The van der Waals surface area contributed by atoms with Crippen molar-refractivity contribution in [3.63, 3.8) is 0 Å². The first-order valence-electron chi connectivity index (χ1n) is 5.71. The van der Waals surface area contributed by atoms with Crippen molar-refractivity contribution in [3.05, 3.63) is 23.3 Å². The predicted octanol–water partition coefficient (Wildman–Crippen LogP) is 4.13. The maximum absolute atomic E-state index is 12.7. The van der Waals surface area contributed by atoms with Gasteiger partial charge >= 0.3 is 6.18 Å². The summed E-state index contributed by atoms with van der Waals surface area (Å²) in [6.07, 6.45) is -2.67. The van der Waals surface area contributed by atoms with Crippen LogP contribution in [0.3, 0.4) is 0 Å². The van der Waals surface area contributed by atoms with E-state index in [9.17, 15) is 13.2 Å². The zero-order chi connectivity index (χ0) is 13.2. The molecule has 0 radical (unpaired) electrons. The van der Waals surface area contributed by atoms with Gasteiger partial charge in [0.05, 0.1) is 11.3 Å². The van der Waals surface area contributed by atoms with Gasteiger partial charge in [0.1, 0.15) is 5.82 Å². The lowest BCUT2D eigenvalue weighted by Gasteiger charge is -2.16. The molecule has 1 unspecified atom stereocenters. The van der Waals surface area contributed by atoms with E-state index in [1.807, 2.05) is 13.8 Å². The molecule has 0 fully saturated rings. The van der Waals surface area contributed by atoms with Crippen LogP contribution in [0.1, 0.15) is 63.0 Å². The number of halogens is 3. The van der Waals surface area contributed by atoms with Gasteiger partial charge in [-0.2, -0.15) is 13.2 Å². The second-order valence-corrected chi connectivity index (χ2v) is 4.49. The van der Waals surface area contributed by atoms with Crippen LogP contribution < -0.4 is 0 Å². The van der Waals surface area contributed by atoms with Crippen molar-refractivity contribution < 1.29 is 13.2 Å². The zero-order valence-corrected chi connectivity index (χ0v) is 10.5. The Bertz CT molecular complexity index is 386. The normalized spacial score (nSPS) is 14.1. The Morgan fingerprint density at radius 2 is 1.82 bits per heavy atom. The third-order valence-corrected chi connectivity index (χ3v) is 2.74. The van der Waals surface area contributed by atoms with Crippen LogP contribution in [0.15, 0.2) is 6.20 Å². The van der Waals surface area contributed by atoms with Gasteiger partial charge in [-0.1, -0.05) is 27.7 Å². The average molecular weight is 246 g/mol. The first-order valence-corrected chi connectivity index (χ1v) is 5.71. The highest BCUT2D eigenvalue weighted by Gasteiger charge is 2.35. The Morgan fingerprint density at radius 3 is 2.24 bits per heavy atom. The van der Waals surface area contributed by atoms with E-state index in [0.29, 0.717) is 5.82 Å². The highest BCUT2D eigenvalue weighted by atomic mass is 19.4. The minimum Gasteiger partial charge on any atom is -0.240 e. The lowest BCUT2D eigenvalue weighted by atomic mass is 10.0. The summed E-state index contributed by atoms with van der Waals surface area (Å²) in [6, 6.07) is 0. The quantitative estimate of drug-likeness (QED) is 0.801. The van der Waals surface area contributed by atoms with Gasteiger partial charge in [0.15, 0.2) is 0 Å². The minimum atomic E-state index is -4.38. The number of hydrogen-bond acceptors (Lipinski definition) is 2. The number of rotatable bonds is 3. The molecule has 0 N–H and O–H groups in total. The molecule has 0 amide bonds. The van der Waals surface area contributed by atoms with E-state index in [4.69, 9.17) is 0 Å². The van der Waals surface area contributed by atoms with Crippen molar-refractivity contribution in [2.24, 2.45) is 0 Å². The van der Waals surface area contributed by atoms with E-state index < -0.39 is 11.7 Å². The van der Waals surface area contributed by atoms with E-state index >= 15 is 0 Å². The van der Waals surface area contributed by atoms with Crippen molar-refractivity contribution in [1.29, 1.82) is 0 Å². The Hall–Kier alpha value is -1.13. The van der Waals surface area contributed by atoms with Crippen molar-refractivity contribution in [2.45, 2.75) is 52.1 Å². The third kappa shape index (κ3) is 3.17. The highest BCUT2D eigenvalue weighted by Crippen LogP contribution is 2.34. The van der Waals surface area contributed by atoms with E-state index in [-0.39, 0.29) is 17.5 Å². The SMILES string of the molecule is CCC(C)c1ncc(C(F)(F)F)c(C(C)C)n1. The summed E-state index contributed by atoms with van der Waals surface area (Å²) in [7, 11) is 0. The number of aromatic nitrogens is 2. The molecule has 5 heteroatoms. The van der Waals surface area contributed by atoms with Crippen LogP contribution in [0.5, 0.6) is 0 Å². The topological polar surface area (TPSA) is 25.8 Å². The summed E-state index contributed by atoms with van der Waals surface area (Å²) < 4.78 is 38.2. The van der Waals surface area contributed by atoms with E-state index in [1.54, 1.807) is 13.8 Å². The van der Waals surface area contributed by atoms with Crippen molar-refractivity contribution in [3.8, 4) is 0 Å². The van der Waals surface area contributed by atoms with Crippen LogP contribution in [0, 0.1) is 0 Å². The maximum atomic E-state index is 12.7. The molecule has 96 valence electrons. The molecule has 17 heavy (non-hydrogen) atoms. The molecule has 1 heterocycles. The molecule has 1 atom stereocenters. The third-order valence-electron chi connectivity index (χ3n) is 2.74. The standard InChI is InChI=1S/C12H17F3N2/c1-5-8(4)11-16-6-9(12(13,14)15)10(17-11)7(2)3/h6-8H,5H2,1-4H3. The monoisotopic (exact) mass is 246 g/mol. The average Bonchev–Trinajstić information content (AvgIpc) is 2.25. The molecular weight excluding hydrogens is 229 g/mol. The van der Waals surface area contributed by atoms with Gasteiger partial charge < -0.3 is 0 Å². The molecule has 1 rings (SSSR count). The molecular formula is C12H17F3N2. The van der Waals surface area contributed by atoms with Crippen LogP contribution in [0.2, 0.25) is 0 Å². The highest BCUT2D eigenvalue weighted by molar-refractivity contribution is 5.24. The second kappa shape index (κ2) is 5.02. The summed E-state index contributed by atoms with van der Waals surface area (Å²) in [5.41, 5.74) is -0.637. The Balaban J connectivity index is 3.27. The van der Waals surface area contributed by atoms with E-state index in [2.05, 4.69) is 9.97 Å². The minimum absolute atomic E-state index is 0.0785. The lowest BCUT2D eigenvalue weighted by Crippen LogP contribution is -2.15. The van der Waals surface area contributed by atoms with Gasteiger partial charge in [0.2, 0.25) is 0 Å². The molecule has 0 bridgehead atoms. The fourth-order valence-corrected chi connectivity index (χ4v) is 1.49. The number of nitrogens with zero attached hydrogens (tertiary/aromatic N) is 2. The molecule has 2 nitrogen and oxygen atoms in total. The van der Waals surface area contributed by atoms with Crippen LogP contribution in [0.25, 0.3) is 0 Å². The fourth-order valence-electron chi connectivity index (χ4n) is 1.49. The molecule has 0 saturated carbocycles. The summed E-state index contributed by atoms with van der Waals surface area (Å²) in [5.74, 6) is 0.302. The van der Waals surface area contributed by atoms with Crippen LogP contribution >= 0.6 is 0 Å². The molecule has 1 aromatic rings. The number of alkyl halides is 3. The largest absolute Gasteiger partial charge is 0.419 e. The van der Waals surface area contributed by atoms with Crippen molar-refractivity contribution in [2.75, 3.05) is 0 Å². The van der Waals surface area contributed by atoms with Crippen molar-refractivity contribution in [1.82, 2.24) is 9.97 Å². The molecule has 0 aliphatic heterocycles. The van der Waals surface area contributed by atoms with Gasteiger partial charge in [0.25, 0.3) is 0 Å². The summed E-state index contributed by atoms with van der Waals surface area (Å²) in [6.45, 7) is 7.28. The smallest absolute Gasteiger partial charge is 0.240 e. The van der Waals surface area contributed by atoms with Gasteiger partial charge in [-0.15, -0.1) is 0 Å². The Morgan fingerprint density at radius 1 is 1.24 bits per heavy atom. The van der Waals surface area contributed by atoms with Crippen LogP contribution in [-0.4, -0.2) is 9.97 Å². The summed E-state index contributed by atoms with van der Waals surface area (Å²) >= 11 is 0. The molecule has 0 aromatic carbocycles. The van der Waals surface area contributed by atoms with E-state index in [0.717, 1.165) is 12.6 Å². The molecule has 0 saturated heterocycles. The molecule has 0 aliphatic rings. The van der Waals surface area contributed by atoms with Gasteiger partial charge in [-0.25, -0.2) is 9.97 Å². The molecule has 0 aliphatic carbocycles. The first-order chi connectivity index (χ1) is 7.77. The lowest BCUT2D eigenvalue weighted by molar-refractivity contribution is -0.138. The maximum Gasteiger partial charge on any atom is 0.419 e. The first kappa shape index (κ1) is 13.9. The van der Waals surface area contributed by atoms with E-state index in [1.165, 1.54) is 0 Å². The predicted molar refractivity (Wildman–Crippen MR) is 59.8 cm³/mol. The Kier molecular flexibility index (Phi) is 4.11. The van der Waals surface area contributed by atoms with Crippen LogP contribution in [-0.2, 0) is 6.18 Å². The Labute approximate surface area is 99.3 Å². The fraction of sp³-hybridized carbons (Fsp3) is 0.667. The van der Waals surface area contributed by atoms with Gasteiger partial charge in [-0.05, 0) is 12.3 Å².